The van der Waals surface area contributed by atoms with Gasteiger partial charge in [0, 0.05) is 26.2 Å². The predicted molar refractivity (Wildman–Crippen MR) is 78.5 cm³/mol. The number of hydrogen-bond donors (Lipinski definition) is 0. The number of halogens is 2. The van der Waals surface area contributed by atoms with Crippen LogP contribution in [0.1, 0.15) is 10.4 Å². The van der Waals surface area contributed by atoms with E-state index in [1.165, 1.54) is 13.2 Å². The van der Waals surface area contributed by atoms with E-state index in [1.807, 2.05) is 4.90 Å². The van der Waals surface area contributed by atoms with Crippen molar-refractivity contribution in [1.82, 2.24) is 9.80 Å². The number of nitrogens with zero attached hydrogens (tertiary/aromatic N) is 2. The molecule has 0 radical (unpaired) electrons. The van der Waals surface area contributed by atoms with E-state index in [1.54, 1.807) is 17.0 Å². The SMILES string of the molecule is COC(=O)CN1CCN(C(=O)c2cccc(Br)c2F)CC1. The van der Waals surface area contributed by atoms with Gasteiger partial charge in [-0.25, -0.2) is 4.39 Å². The fraction of sp³-hybridized carbons (Fsp3) is 0.429. The third-order valence-corrected chi connectivity index (χ3v) is 4.03. The summed E-state index contributed by atoms with van der Waals surface area (Å²) >= 11 is 3.08. The molecule has 1 aromatic carbocycles. The summed E-state index contributed by atoms with van der Waals surface area (Å²) in [5.41, 5.74) is 0.0609. The molecule has 1 amide bonds. The molecule has 1 fully saturated rings. The lowest BCUT2D eigenvalue weighted by molar-refractivity contribution is -0.142. The van der Waals surface area contributed by atoms with Gasteiger partial charge >= 0.3 is 5.97 Å². The van der Waals surface area contributed by atoms with Crippen molar-refractivity contribution in [2.75, 3.05) is 39.8 Å². The van der Waals surface area contributed by atoms with Crippen LogP contribution < -0.4 is 0 Å². The quantitative estimate of drug-likeness (QED) is 0.768. The summed E-state index contributed by atoms with van der Waals surface area (Å²) in [5.74, 6) is -1.17. The lowest BCUT2D eigenvalue weighted by Gasteiger charge is -2.34. The molecule has 7 heteroatoms. The van der Waals surface area contributed by atoms with Gasteiger partial charge in [-0.15, -0.1) is 0 Å². The van der Waals surface area contributed by atoms with Crippen LogP contribution in [0.2, 0.25) is 0 Å². The van der Waals surface area contributed by atoms with E-state index in [0.29, 0.717) is 26.2 Å². The molecule has 0 aliphatic carbocycles. The molecule has 0 spiro atoms. The van der Waals surface area contributed by atoms with Crippen molar-refractivity contribution in [2.24, 2.45) is 0 Å². The molecule has 0 saturated carbocycles. The van der Waals surface area contributed by atoms with Gasteiger partial charge in [0.2, 0.25) is 0 Å². The highest BCUT2D eigenvalue weighted by molar-refractivity contribution is 9.10. The van der Waals surface area contributed by atoms with Gasteiger partial charge in [0.15, 0.2) is 0 Å². The normalized spacial score (nSPS) is 15.9. The Bertz CT molecular complexity index is 545. The van der Waals surface area contributed by atoms with Crippen LogP contribution in [0, 0.1) is 5.82 Å². The minimum Gasteiger partial charge on any atom is -0.468 e. The zero-order valence-electron chi connectivity index (χ0n) is 11.6. The topological polar surface area (TPSA) is 49.9 Å². The minimum atomic E-state index is -0.542. The van der Waals surface area contributed by atoms with Crippen molar-refractivity contribution in [3.8, 4) is 0 Å². The molecule has 1 aliphatic heterocycles. The van der Waals surface area contributed by atoms with Crippen molar-refractivity contribution < 1.29 is 18.7 Å². The maximum Gasteiger partial charge on any atom is 0.319 e. The highest BCUT2D eigenvalue weighted by atomic mass is 79.9. The second kappa shape index (κ2) is 7.00. The van der Waals surface area contributed by atoms with Gasteiger partial charge < -0.3 is 9.64 Å². The predicted octanol–water partition coefficient (Wildman–Crippen LogP) is 1.52. The summed E-state index contributed by atoms with van der Waals surface area (Å²) in [7, 11) is 1.35. The lowest BCUT2D eigenvalue weighted by atomic mass is 10.1. The van der Waals surface area contributed by atoms with E-state index in [0.717, 1.165) is 0 Å². The second-order valence-corrected chi connectivity index (χ2v) is 5.60. The molecule has 21 heavy (non-hydrogen) atoms. The highest BCUT2D eigenvalue weighted by Crippen LogP contribution is 2.20. The van der Waals surface area contributed by atoms with Crippen LogP contribution in [0.15, 0.2) is 22.7 Å². The van der Waals surface area contributed by atoms with E-state index in [-0.39, 0.29) is 28.5 Å². The van der Waals surface area contributed by atoms with Crippen LogP contribution in [0.5, 0.6) is 0 Å². The van der Waals surface area contributed by atoms with Crippen molar-refractivity contribution >= 4 is 27.8 Å². The molecule has 0 unspecified atom stereocenters. The molecule has 0 N–H and O–H groups in total. The number of carbonyl (C=O) groups excluding carboxylic acids is 2. The summed E-state index contributed by atoms with van der Waals surface area (Å²) in [6, 6.07) is 4.66. The fourth-order valence-corrected chi connectivity index (χ4v) is 2.56. The Labute approximate surface area is 130 Å². The molecule has 0 aromatic heterocycles. The monoisotopic (exact) mass is 358 g/mol. The van der Waals surface area contributed by atoms with Crippen LogP contribution in [-0.4, -0.2) is 61.5 Å². The van der Waals surface area contributed by atoms with E-state index in [4.69, 9.17) is 0 Å². The maximum atomic E-state index is 13.9. The average Bonchev–Trinajstić information content (AvgIpc) is 2.50. The van der Waals surface area contributed by atoms with Crippen molar-refractivity contribution in [2.45, 2.75) is 0 Å². The molecule has 0 atom stereocenters. The number of hydrogen-bond acceptors (Lipinski definition) is 4. The first-order valence-corrected chi connectivity index (χ1v) is 7.34. The van der Waals surface area contributed by atoms with Crippen LogP contribution in [0.4, 0.5) is 4.39 Å². The van der Waals surface area contributed by atoms with Crippen LogP contribution in [-0.2, 0) is 9.53 Å². The Morgan fingerprint density at radius 3 is 2.57 bits per heavy atom. The number of amides is 1. The first-order chi connectivity index (χ1) is 10.0. The second-order valence-electron chi connectivity index (χ2n) is 4.75. The van der Waals surface area contributed by atoms with Crippen molar-refractivity contribution in [1.29, 1.82) is 0 Å². The maximum absolute atomic E-state index is 13.9. The molecular formula is C14H16BrFN2O3. The van der Waals surface area contributed by atoms with E-state index >= 15 is 0 Å². The van der Waals surface area contributed by atoms with Crippen molar-refractivity contribution in [3.63, 3.8) is 0 Å². The summed E-state index contributed by atoms with van der Waals surface area (Å²) in [6.45, 7) is 2.26. The Hall–Kier alpha value is -1.47. The third-order valence-electron chi connectivity index (χ3n) is 3.42. The molecular weight excluding hydrogens is 343 g/mol. The molecule has 5 nitrogen and oxygen atoms in total. The average molecular weight is 359 g/mol. The smallest absolute Gasteiger partial charge is 0.319 e. The summed E-state index contributed by atoms with van der Waals surface area (Å²) in [4.78, 5) is 27.0. The van der Waals surface area contributed by atoms with Gasteiger partial charge in [-0.1, -0.05) is 6.07 Å². The largest absolute Gasteiger partial charge is 0.468 e. The molecule has 114 valence electrons. The number of esters is 1. The summed E-state index contributed by atoms with van der Waals surface area (Å²) < 4.78 is 18.8. The number of benzene rings is 1. The first-order valence-electron chi connectivity index (χ1n) is 6.55. The molecule has 1 saturated heterocycles. The summed E-state index contributed by atoms with van der Waals surface area (Å²) in [5, 5.41) is 0. The summed E-state index contributed by atoms with van der Waals surface area (Å²) in [6.07, 6.45) is 0. The zero-order valence-corrected chi connectivity index (χ0v) is 13.2. The number of carbonyl (C=O) groups is 2. The standard InChI is InChI=1S/C14H16BrFN2O3/c1-21-12(19)9-17-5-7-18(8-6-17)14(20)10-3-2-4-11(15)13(10)16/h2-4H,5-9H2,1H3. The van der Waals surface area contributed by atoms with Gasteiger partial charge in [-0.2, -0.15) is 0 Å². The number of ether oxygens (including phenoxy) is 1. The Morgan fingerprint density at radius 2 is 1.95 bits per heavy atom. The molecule has 2 rings (SSSR count). The van der Waals surface area contributed by atoms with E-state index in [9.17, 15) is 14.0 Å². The molecule has 0 bridgehead atoms. The van der Waals surface area contributed by atoms with Gasteiger partial charge in [-0.3, -0.25) is 14.5 Å². The number of rotatable bonds is 3. The molecule has 1 aliphatic rings. The van der Waals surface area contributed by atoms with Crippen LogP contribution >= 0.6 is 15.9 Å². The van der Waals surface area contributed by atoms with Crippen LogP contribution in [0.25, 0.3) is 0 Å². The van der Waals surface area contributed by atoms with E-state index < -0.39 is 5.82 Å². The Balaban J connectivity index is 1.97. The van der Waals surface area contributed by atoms with Gasteiger partial charge in [0.1, 0.15) is 5.82 Å². The van der Waals surface area contributed by atoms with Gasteiger partial charge in [0.25, 0.3) is 5.91 Å². The fourth-order valence-electron chi connectivity index (χ4n) is 2.20. The first kappa shape index (κ1) is 15.9. The van der Waals surface area contributed by atoms with Crippen LogP contribution in [0.3, 0.4) is 0 Å². The molecule has 1 heterocycles. The highest BCUT2D eigenvalue weighted by Gasteiger charge is 2.25. The molecule has 1 aromatic rings. The zero-order chi connectivity index (χ0) is 15.4. The van der Waals surface area contributed by atoms with E-state index in [2.05, 4.69) is 20.7 Å². The lowest BCUT2D eigenvalue weighted by Crippen LogP contribution is -2.50. The van der Waals surface area contributed by atoms with Crippen molar-refractivity contribution in [3.05, 3.63) is 34.1 Å². The minimum absolute atomic E-state index is 0.0609. The number of methoxy groups -OCH3 is 1. The van der Waals surface area contributed by atoms with Gasteiger partial charge in [0.05, 0.1) is 23.7 Å². The Kier molecular flexibility index (Phi) is 5.30. The Morgan fingerprint density at radius 1 is 1.29 bits per heavy atom. The third kappa shape index (κ3) is 3.79. The van der Waals surface area contributed by atoms with Gasteiger partial charge in [-0.05, 0) is 28.1 Å². The number of piperazine rings is 1.